The van der Waals surface area contributed by atoms with Crippen LogP contribution in [0.3, 0.4) is 0 Å². The van der Waals surface area contributed by atoms with Gasteiger partial charge >= 0.3 is 0 Å². The number of rotatable bonds is 1. The lowest BCUT2D eigenvalue weighted by Gasteiger charge is -2.05. The molecule has 3 rings (SSSR count). The van der Waals surface area contributed by atoms with Crippen LogP contribution in [0.5, 0.6) is 0 Å². The number of benzene rings is 1. The minimum atomic E-state index is -0.542. The summed E-state index contributed by atoms with van der Waals surface area (Å²) in [6.45, 7) is 1.71. The van der Waals surface area contributed by atoms with Crippen molar-refractivity contribution in [3.63, 3.8) is 0 Å². The summed E-state index contributed by atoms with van der Waals surface area (Å²) in [5.74, 6) is 0. The van der Waals surface area contributed by atoms with Gasteiger partial charge in [-0.25, -0.2) is 4.98 Å². The van der Waals surface area contributed by atoms with E-state index < -0.39 is 6.10 Å². The van der Waals surface area contributed by atoms with Gasteiger partial charge < -0.3 is 10.1 Å². The Hall–Kier alpha value is -1.94. The summed E-state index contributed by atoms with van der Waals surface area (Å²) >= 11 is 0. The summed E-state index contributed by atoms with van der Waals surface area (Å²) < 4.78 is 0. The fourth-order valence-electron chi connectivity index (χ4n) is 1.80. The van der Waals surface area contributed by atoms with Gasteiger partial charge in [-0.1, -0.05) is 6.07 Å². The number of H-pyrrole nitrogens is 1. The minimum Gasteiger partial charge on any atom is -0.387 e. The Morgan fingerprint density at radius 2 is 2.12 bits per heavy atom. The van der Waals surface area contributed by atoms with Gasteiger partial charge in [0.05, 0.1) is 34.7 Å². The maximum atomic E-state index is 9.47. The molecule has 0 amide bonds. The van der Waals surface area contributed by atoms with Gasteiger partial charge in [-0.05, 0) is 25.1 Å². The molecule has 1 aromatic carbocycles. The van der Waals surface area contributed by atoms with Crippen LogP contribution in [-0.2, 0) is 0 Å². The summed E-state index contributed by atoms with van der Waals surface area (Å²) in [5, 5.41) is 10.5. The van der Waals surface area contributed by atoms with E-state index in [-0.39, 0.29) is 0 Å². The molecule has 0 saturated carbocycles. The highest BCUT2D eigenvalue weighted by Crippen LogP contribution is 2.21. The lowest BCUT2D eigenvalue weighted by molar-refractivity contribution is 0.195. The molecule has 2 N–H and O–H groups in total. The Labute approximate surface area is 92.0 Å². The van der Waals surface area contributed by atoms with Crippen molar-refractivity contribution in [2.45, 2.75) is 13.0 Å². The Kier molecular flexibility index (Phi) is 1.91. The Morgan fingerprint density at radius 3 is 2.94 bits per heavy atom. The van der Waals surface area contributed by atoms with Crippen LogP contribution < -0.4 is 0 Å². The fraction of sp³-hybridized carbons (Fsp3) is 0.167. The average molecular weight is 213 g/mol. The predicted molar refractivity (Wildman–Crippen MR) is 62.0 cm³/mol. The number of nitrogens with one attached hydrogen (secondary N) is 1. The zero-order valence-corrected chi connectivity index (χ0v) is 8.81. The third kappa shape index (κ3) is 1.35. The molecule has 0 saturated heterocycles. The van der Waals surface area contributed by atoms with E-state index in [1.807, 2.05) is 24.3 Å². The summed E-state index contributed by atoms with van der Waals surface area (Å²) in [6, 6.07) is 7.74. The van der Waals surface area contributed by atoms with Gasteiger partial charge in [-0.2, -0.15) is 0 Å². The van der Waals surface area contributed by atoms with Crippen molar-refractivity contribution >= 4 is 21.9 Å². The van der Waals surface area contributed by atoms with Gasteiger partial charge in [0, 0.05) is 5.39 Å². The molecule has 0 aliphatic heterocycles. The number of pyridine rings is 1. The zero-order chi connectivity index (χ0) is 11.1. The summed E-state index contributed by atoms with van der Waals surface area (Å²) in [6.07, 6.45) is 1.12. The molecule has 0 aliphatic carbocycles. The molecule has 4 nitrogen and oxygen atoms in total. The number of nitrogens with zero attached hydrogens (tertiary/aromatic N) is 2. The molecule has 0 aliphatic rings. The number of aliphatic hydroxyl groups is 1. The molecular formula is C12H11N3O. The highest BCUT2D eigenvalue weighted by atomic mass is 16.3. The second-order valence-electron chi connectivity index (χ2n) is 3.88. The van der Waals surface area contributed by atoms with Gasteiger partial charge in [0.25, 0.3) is 0 Å². The topological polar surface area (TPSA) is 61.8 Å². The van der Waals surface area contributed by atoms with E-state index in [0.717, 1.165) is 21.9 Å². The smallest absolute Gasteiger partial charge is 0.0932 e. The van der Waals surface area contributed by atoms with Gasteiger partial charge in [-0.3, -0.25) is 4.98 Å². The average Bonchev–Trinajstić information content (AvgIpc) is 2.71. The zero-order valence-electron chi connectivity index (χ0n) is 8.81. The number of aromatic amines is 1. The lowest BCUT2D eigenvalue weighted by Crippen LogP contribution is -1.95. The van der Waals surface area contributed by atoms with Gasteiger partial charge in [0.2, 0.25) is 0 Å². The molecule has 4 heteroatoms. The summed E-state index contributed by atoms with van der Waals surface area (Å²) in [5.41, 5.74) is 3.43. The largest absolute Gasteiger partial charge is 0.387 e. The molecule has 2 heterocycles. The first-order chi connectivity index (χ1) is 7.74. The second-order valence-corrected chi connectivity index (χ2v) is 3.88. The summed E-state index contributed by atoms with van der Waals surface area (Å²) in [7, 11) is 0. The fourth-order valence-corrected chi connectivity index (χ4v) is 1.80. The Balaban J connectivity index is 2.33. The maximum Gasteiger partial charge on any atom is 0.0932 e. The van der Waals surface area contributed by atoms with Crippen molar-refractivity contribution in [2.75, 3.05) is 0 Å². The number of aromatic nitrogens is 3. The molecule has 3 aromatic rings. The van der Waals surface area contributed by atoms with E-state index in [1.54, 1.807) is 13.3 Å². The molecule has 16 heavy (non-hydrogen) atoms. The second kappa shape index (κ2) is 3.28. The van der Waals surface area contributed by atoms with Crippen molar-refractivity contribution in [2.24, 2.45) is 0 Å². The number of aliphatic hydroxyl groups excluding tert-OH is 1. The molecule has 0 fully saturated rings. The van der Waals surface area contributed by atoms with Crippen LogP contribution in [0.1, 0.15) is 18.7 Å². The number of fused-ring (bicyclic) bond motifs is 2. The van der Waals surface area contributed by atoms with Crippen molar-refractivity contribution in [1.29, 1.82) is 0 Å². The molecule has 1 atom stereocenters. The predicted octanol–water partition coefficient (Wildman–Crippen LogP) is 2.16. The number of hydrogen-bond donors (Lipinski definition) is 2. The molecule has 0 bridgehead atoms. The first kappa shape index (κ1) is 9.30. The standard InChI is InChI=1S/C12H11N3O/c1-7(16)9-3-2-8-4-11-12(14-6-13-11)5-10(8)15-9/h2-7,16H,1H3,(H,13,14). The van der Waals surface area contributed by atoms with E-state index in [2.05, 4.69) is 15.0 Å². The van der Waals surface area contributed by atoms with Gasteiger partial charge in [0.15, 0.2) is 0 Å². The van der Waals surface area contributed by atoms with E-state index >= 15 is 0 Å². The molecule has 2 aromatic heterocycles. The molecule has 1 unspecified atom stereocenters. The highest BCUT2D eigenvalue weighted by Gasteiger charge is 2.05. The third-order valence-corrected chi connectivity index (χ3v) is 2.68. The van der Waals surface area contributed by atoms with Crippen molar-refractivity contribution in [3.8, 4) is 0 Å². The first-order valence-electron chi connectivity index (χ1n) is 5.16. The number of imidazole rings is 1. The number of hydrogen-bond acceptors (Lipinski definition) is 3. The van der Waals surface area contributed by atoms with Crippen molar-refractivity contribution < 1.29 is 5.11 Å². The van der Waals surface area contributed by atoms with E-state index in [9.17, 15) is 5.11 Å². The quantitative estimate of drug-likeness (QED) is 0.651. The van der Waals surface area contributed by atoms with Crippen molar-refractivity contribution in [3.05, 3.63) is 36.3 Å². The van der Waals surface area contributed by atoms with Crippen LogP contribution >= 0.6 is 0 Å². The normalized spacial score (nSPS) is 13.4. The first-order valence-corrected chi connectivity index (χ1v) is 5.16. The lowest BCUT2D eigenvalue weighted by atomic mass is 10.1. The molecular weight excluding hydrogens is 202 g/mol. The highest BCUT2D eigenvalue weighted by molar-refractivity contribution is 5.92. The SMILES string of the molecule is CC(O)c1ccc2cc3[nH]cnc3cc2n1. The van der Waals surface area contributed by atoms with E-state index in [1.165, 1.54) is 0 Å². The monoisotopic (exact) mass is 213 g/mol. The van der Waals surface area contributed by atoms with Crippen molar-refractivity contribution in [1.82, 2.24) is 15.0 Å². The summed E-state index contributed by atoms with van der Waals surface area (Å²) in [4.78, 5) is 11.6. The van der Waals surface area contributed by atoms with Gasteiger partial charge in [-0.15, -0.1) is 0 Å². The molecule has 0 spiro atoms. The van der Waals surface area contributed by atoms with Crippen LogP contribution in [0.25, 0.3) is 21.9 Å². The molecule has 0 radical (unpaired) electrons. The molecule has 80 valence electrons. The van der Waals surface area contributed by atoms with Crippen LogP contribution in [0, 0.1) is 0 Å². The van der Waals surface area contributed by atoms with Gasteiger partial charge in [0.1, 0.15) is 0 Å². The van der Waals surface area contributed by atoms with E-state index in [4.69, 9.17) is 0 Å². The Morgan fingerprint density at radius 1 is 1.25 bits per heavy atom. The van der Waals surface area contributed by atoms with E-state index in [0.29, 0.717) is 5.69 Å². The minimum absolute atomic E-state index is 0.542. The third-order valence-electron chi connectivity index (χ3n) is 2.68. The van der Waals surface area contributed by atoms with Crippen LogP contribution in [0.15, 0.2) is 30.6 Å². The van der Waals surface area contributed by atoms with Crippen LogP contribution in [-0.4, -0.2) is 20.1 Å². The Bertz CT molecular complexity index is 657. The maximum absolute atomic E-state index is 9.47. The van der Waals surface area contributed by atoms with Crippen LogP contribution in [0.4, 0.5) is 0 Å². The van der Waals surface area contributed by atoms with Crippen LogP contribution in [0.2, 0.25) is 0 Å².